The Hall–Kier alpha value is -1.78. The molecule has 18 heavy (non-hydrogen) atoms. The molecule has 0 spiro atoms. The molecule has 0 N–H and O–H groups in total. The SMILES string of the molecule is CCOc1cc(OCCC(C)C)ccc1[N+](=O)[O-]. The summed E-state index contributed by atoms with van der Waals surface area (Å²) in [6.07, 6.45) is 0.945. The van der Waals surface area contributed by atoms with Gasteiger partial charge in [0.2, 0.25) is 5.75 Å². The van der Waals surface area contributed by atoms with Gasteiger partial charge in [-0.1, -0.05) is 13.8 Å². The van der Waals surface area contributed by atoms with E-state index in [9.17, 15) is 10.1 Å². The number of hydrogen-bond donors (Lipinski definition) is 0. The van der Waals surface area contributed by atoms with E-state index in [2.05, 4.69) is 13.8 Å². The summed E-state index contributed by atoms with van der Waals surface area (Å²) < 4.78 is 10.8. The molecule has 0 saturated carbocycles. The molecule has 0 atom stereocenters. The van der Waals surface area contributed by atoms with E-state index in [-0.39, 0.29) is 11.4 Å². The van der Waals surface area contributed by atoms with Gasteiger partial charge in [-0.3, -0.25) is 10.1 Å². The van der Waals surface area contributed by atoms with Gasteiger partial charge in [0.15, 0.2) is 0 Å². The lowest BCUT2D eigenvalue weighted by Crippen LogP contribution is -2.02. The Kier molecular flexibility index (Phi) is 5.42. The second-order valence-corrected chi connectivity index (χ2v) is 4.35. The molecule has 1 aromatic carbocycles. The molecule has 5 heteroatoms. The number of nitrogens with zero attached hydrogens (tertiary/aromatic N) is 1. The Morgan fingerprint density at radius 3 is 2.61 bits per heavy atom. The highest BCUT2D eigenvalue weighted by Crippen LogP contribution is 2.31. The van der Waals surface area contributed by atoms with E-state index in [1.165, 1.54) is 6.07 Å². The van der Waals surface area contributed by atoms with Gasteiger partial charge in [0, 0.05) is 12.1 Å². The van der Waals surface area contributed by atoms with Crippen molar-refractivity contribution in [1.82, 2.24) is 0 Å². The summed E-state index contributed by atoms with van der Waals surface area (Å²) in [6, 6.07) is 4.58. The molecule has 0 saturated heterocycles. The monoisotopic (exact) mass is 253 g/mol. The van der Waals surface area contributed by atoms with E-state index in [1.807, 2.05) is 0 Å². The predicted molar refractivity (Wildman–Crippen MR) is 69.2 cm³/mol. The first-order valence-corrected chi connectivity index (χ1v) is 6.08. The Labute approximate surface area is 107 Å². The topological polar surface area (TPSA) is 61.6 Å². The number of hydrogen-bond acceptors (Lipinski definition) is 4. The average molecular weight is 253 g/mol. The van der Waals surface area contributed by atoms with Crippen molar-refractivity contribution in [2.45, 2.75) is 27.2 Å². The van der Waals surface area contributed by atoms with Crippen LogP contribution in [0.1, 0.15) is 27.2 Å². The molecule has 0 aliphatic rings. The third-order valence-electron chi connectivity index (χ3n) is 2.39. The molecule has 0 radical (unpaired) electrons. The molecule has 0 heterocycles. The molecule has 0 bridgehead atoms. The van der Waals surface area contributed by atoms with Crippen molar-refractivity contribution in [2.75, 3.05) is 13.2 Å². The molecular formula is C13H19NO4. The van der Waals surface area contributed by atoms with Gasteiger partial charge in [0.1, 0.15) is 5.75 Å². The highest BCUT2D eigenvalue weighted by Gasteiger charge is 2.15. The summed E-state index contributed by atoms with van der Waals surface area (Å²) in [4.78, 5) is 10.3. The summed E-state index contributed by atoms with van der Waals surface area (Å²) >= 11 is 0. The Bertz CT molecular complexity index is 404. The molecule has 100 valence electrons. The van der Waals surface area contributed by atoms with Gasteiger partial charge >= 0.3 is 5.69 Å². The molecule has 0 aliphatic carbocycles. The maximum absolute atomic E-state index is 10.8. The standard InChI is InChI=1S/C13H19NO4/c1-4-17-13-9-11(18-8-7-10(2)3)5-6-12(13)14(15)16/h5-6,9-10H,4,7-8H2,1-3H3. The molecule has 0 aromatic heterocycles. The van der Waals surface area contributed by atoms with Gasteiger partial charge in [0.25, 0.3) is 0 Å². The lowest BCUT2D eigenvalue weighted by molar-refractivity contribution is -0.385. The second-order valence-electron chi connectivity index (χ2n) is 4.35. The second kappa shape index (κ2) is 6.83. The summed E-state index contributed by atoms with van der Waals surface area (Å²) in [7, 11) is 0. The normalized spacial score (nSPS) is 10.4. The number of rotatable bonds is 7. The van der Waals surface area contributed by atoms with Crippen LogP contribution in [0, 0.1) is 16.0 Å². The highest BCUT2D eigenvalue weighted by molar-refractivity contribution is 5.50. The maximum Gasteiger partial charge on any atom is 0.311 e. The zero-order chi connectivity index (χ0) is 13.5. The number of benzene rings is 1. The van der Waals surface area contributed by atoms with Crippen molar-refractivity contribution in [2.24, 2.45) is 5.92 Å². The van der Waals surface area contributed by atoms with E-state index in [0.29, 0.717) is 24.9 Å². The number of nitro benzene ring substituents is 1. The molecule has 1 aromatic rings. The molecule has 1 rings (SSSR count). The molecule has 0 amide bonds. The van der Waals surface area contributed by atoms with Crippen molar-refractivity contribution < 1.29 is 14.4 Å². The van der Waals surface area contributed by atoms with Gasteiger partial charge in [-0.25, -0.2) is 0 Å². The van der Waals surface area contributed by atoms with Crippen LogP contribution in [0.2, 0.25) is 0 Å². The summed E-state index contributed by atoms with van der Waals surface area (Å²) in [6.45, 7) is 7.00. The Morgan fingerprint density at radius 2 is 2.06 bits per heavy atom. The van der Waals surface area contributed by atoms with Crippen LogP contribution in [-0.2, 0) is 0 Å². The minimum absolute atomic E-state index is 0.0342. The average Bonchev–Trinajstić information content (AvgIpc) is 2.29. The van der Waals surface area contributed by atoms with Crippen LogP contribution in [0.3, 0.4) is 0 Å². The van der Waals surface area contributed by atoms with Gasteiger partial charge in [0.05, 0.1) is 18.1 Å². The smallest absolute Gasteiger partial charge is 0.311 e. The van der Waals surface area contributed by atoms with Crippen molar-refractivity contribution >= 4 is 5.69 Å². The van der Waals surface area contributed by atoms with Gasteiger partial charge in [-0.2, -0.15) is 0 Å². The van der Waals surface area contributed by atoms with E-state index in [0.717, 1.165) is 6.42 Å². The van der Waals surface area contributed by atoms with Crippen molar-refractivity contribution in [3.63, 3.8) is 0 Å². The highest BCUT2D eigenvalue weighted by atomic mass is 16.6. The Balaban J connectivity index is 2.76. The van der Waals surface area contributed by atoms with Gasteiger partial charge < -0.3 is 9.47 Å². The van der Waals surface area contributed by atoms with Crippen molar-refractivity contribution in [1.29, 1.82) is 0 Å². The first-order valence-electron chi connectivity index (χ1n) is 6.08. The summed E-state index contributed by atoms with van der Waals surface area (Å²) in [5.41, 5.74) is -0.0342. The number of ether oxygens (including phenoxy) is 2. The first-order chi connectivity index (χ1) is 8.54. The van der Waals surface area contributed by atoms with Crippen LogP contribution >= 0.6 is 0 Å². The fourth-order valence-corrected chi connectivity index (χ4v) is 1.42. The van der Waals surface area contributed by atoms with E-state index in [1.54, 1.807) is 19.1 Å². The summed E-state index contributed by atoms with van der Waals surface area (Å²) in [5.74, 6) is 1.42. The van der Waals surface area contributed by atoms with Crippen LogP contribution < -0.4 is 9.47 Å². The van der Waals surface area contributed by atoms with Crippen LogP contribution in [0.4, 0.5) is 5.69 Å². The molecule has 0 unspecified atom stereocenters. The van der Waals surface area contributed by atoms with Crippen molar-refractivity contribution in [3.8, 4) is 11.5 Å². The maximum atomic E-state index is 10.8. The molecule has 0 aliphatic heterocycles. The van der Waals surface area contributed by atoms with E-state index >= 15 is 0 Å². The summed E-state index contributed by atoms with van der Waals surface area (Å²) in [5, 5.41) is 10.8. The molecule has 0 fully saturated rings. The lowest BCUT2D eigenvalue weighted by atomic mass is 10.1. The van der Waals surface area contributed by atoms with E-state index < -0.39 is 4.92 Å². The minimum Gasteiger partial charge on any atom is -0.493 e. The van der Waals surface area contributed by atoms with Crippen molar-refractivity contribution in [3.05, 3.63) is 28.3 Å². The first kappa shape index (κ1) is 14.3. The third kappa shape index (κ3) is 4.24. The molecule has 5 nitrogen and oxygen atoms in total. The zero-order valence-corrected chi connectivity index (χ0v) is 11.0. The zero-order valence-electron chi connectivity index (χ0n) is 11.0. The van der Waals surface area contributed by atoms with Gasteiger partial charge in [-0.15, -0.1) is 0 Å². The van der Waals surface area contributed by atoms with Crippen LogP contribution in [0.25, 0.3) is 0 Å². The largest absolute Gasteiger partial charge is 0.493 e. The fraction of sp³-hybridized carbons (Fsp3) is 0.538. The van der Waals surface area contributed by atoms with Crippen LogP contribution in [0.5, 0.6) is 11.5 Å². The fourth-order valence-electron chi connectivity index (χ4n) is 1.42. The lowest BCUT2D eigenvalue weighted by Gasteiger charge is -2.10. The Morgan fingerprint density at radius 1 is 1.33 bits per heavy atom. The number of nitro groups is 1. The minimum atomic E-state index is -0.455. The predicted octanol–water partition coefficient (Wildman–Crippen LogP) is 3.42. The van der Waals surface area contributed by atoms with Crippen LogP contribution in [-0.4, -0.2) is 18.1 Å². The third-order valence-corrected chi connectivity index (χ3v) is 2.39. The van der Waals surface area contributed by atoms with Crippen LogP contribution in [0.15, 0.2) is 18.2 Å². The van der Waals surface area contributed by atoms with E-state index in [4.69, 9.17) is 9.47 Å². The van der Waals surface area contributed by atoms with Gasteiger partial charge in [-0.05, 0) is 25.3 Å². The quantitative estimate of drug-likeness (QED) is 0.551. The molecular weight excluding hydrogens is 234 g/mol.